The van der Waals surface area contributed by atoms with E-state index in [1.54, 1.807) is 0 Å². The molecule has 124 valence electrons. The molecule has 11 heteroatoms. The number of halogens is 1. The smallest absolute Gasteiger partial charge is 0.331 e. The number of nitrogens with zero attached hydrogens (tertiary/aromatic N) is 3. The Balaban J connectivity index is 2.11. The number of nitro benzene ring substituents is 1. The fourth-order valence-electron chi connectivity index (χ4n) is 1.54. The molecule has 0 aliphatic carbocycles. The van der Waals surface area contributed by atoms with Crippen LogP contribution in [-0.2, 0) is 14.3 Å². The lowest BCUT2D eigenvalue weighted by Gasteiger charge is -1.95. The third-order valence-corrected chi connectivity index (χ3v) is 3.52. The van der Waals surface area contributed by atoms with E-state index in [-0.39, 0.29) is 15.6 Å². The van der Waals surface area contributed by atoms with Gasteiger partial charge in [0.15, 0.2) is 5.17 Å². The molecule has 1 aliphatic heterocycles. The van der Waals surface area contributed by atoms with Gasteiger partial charge in [-0.2, -0.15) is 9.49 Å². The summed E-state index contributed by atoms with van der Waals surface area (Å²) in [6.07, 6.45) is 2.17. The highest BCUT2D eigenvalue weighted by Crippen LogP contribution is 2.23. The van der Waals surface area contributed by atoms with Gasteiger partial charge in [0.1, 0.15) is 0 Å². The van der Waals surface area contributed by atoms with Crippen LogP contribution in [0.1, 0.15) is 5.56 Å². The van der Waals surface area contributed by atoms with E-state index < -0.39 is 28.3 Å². The zero-order chi connectivity index (χ0) is 17.7. The van der Waals surface area contributed by atoms with E-state index >= 15 is 0 Å². The molecule has 0 saturated carbocycles. The minimum atomic E-state index is -0.959. The zero-order valence-electron chi connectivity index (χ0n) is 12.1. The van der Waals surface area contributed by atoms with Crippen LogP contribution in [0.2, 0.25) is 0 Å². The van der Waals surface area contributed by atoms with Crippen molar-refractivity contribution in [2.45, 2.75) is 0 Å². The Morgan fingerprint density at radius 3 is 2.92 bits per heavy atom. The van der Waals surface area contributed by atoms with Crippen LogP contribution in [0.5, 0.6) is 0 Å². The summed E-state index contributed by atoms with van der Waals surface area (Å²) < 4.78 is 17.6. The molecule has 0 unspecified atom stereocenters. The average molecular weight is 352 g/mol. The Kier molecular flexibility index (Phi) is 5.37. The second-order valence-corrected chi connectivity index (χ2v) is 5.24. The number of carbonyl (C=O) groups excluding carboxylic acids is 2. The first-order valence-corrected chi connectivity index (χ1v) is 7.06. The molecule has 1 aromatic carbocycles. The van der Waals surface area contributed by atoms with E-state index in [2.05, 4.69) is 20.3 Å². The third kappa shape index (κ3) is 4.23. The number of carbonyl (C=O) groups is 2. The quantitative estimate of drug-likeness (QED) is 0.287. The average Bonchev–Trinajstić information content (AvgIpc) is 2.88. The maximum atomic E-state index is 13.2. The summed E-state index contributed by atoms with van der Waals surface area (Å²) in [7, 11) is 1.18. The Hall–Kier alpha value is -3.08. The molecule has 1 saturated heterocycles. The van der Waals surface area contributed by atoms with Crippen LogP contribution in [0.15, 0.2) is 39.4 Å². The molecule has 1 N–H and O–H groups in total. The predicted molar refractivity (Wildman–Crippen MR) is 83.9 cm³/mol. The number of thioether (sulfide) groups is 1. The summed E-state index contributed by atoms with van der Waals surface area (Å²) >= 11 is 0.876. The lowest BCUT2D eigenvalue weighted by atomic mass is 10.2. The summed E-state index contributed by atoms with van der Waals surface area (Å²) in [6, 6.07) is 3.23. The van der Waals surface area contributed by atoms with Gasteiger partial charge in [0.25, 0.3) is 5.91 Å². The normalized spacial score (nSPS) is 17.5. The third-order valence-electron chi connectivity index (χ3n) is 2.62. The van der Waals surface area contributed by atoms with Crippen molar-refractivity contribution in [3.05, 3.63) is 50.7 Å². The van der Waals surface area contributed by atoms with Gasteiger partial charge in [-0.3, -0.25) is 20.2 Å². The minimum absolute atomic E-state index is 0.0909. The van der Waals surface area contributed by atoms with E-state index in [4.69, 9.17) is 0 Å². The van der Waals surface area contributed by atoms with Gasteiger partial charge in [0, 0.05) is 17.7 Å². The number of methoxy groups -OCH3 is 1. The summed E-state index contributed by atoms with van der Waals surface area (Å²) in [5.41, 5.74) is -0.425. The van der Waals surface area contributed by atoms with Crippen molar-refractivity contribution < 1.29 is 23.6 Å². The fourth-order valence-corrected chi connectivity index (χ4v) is 2.28. The fraction of sp³-hybridized carbons (Fsp3) is 0.0769. The maximum Gasteiger partial charge on any atom is 0.331 e. The number of rotatable bonds is 4. The van der Waals surface area contributed by atoms with Gasteiger partial charge in [-0.15, -0.1) is 5.10 Å². The zero-order valence-corrected chi connectivity index (χ0v) is 12.9. The molecule has 1 fully saturated rings. The molecule has 2 rings (SSSR count). The van der Waals surface area contributed by atoms with Gasteiger partial charge in [0.2, 0.25) is 5.82 Å². The molecule has 0 aromatic heterocycles. The van der Waals surface area contributed by atoms with Crippen molar-refractivity contribution in [3.63, 3.8) is 0 Å². The molecule has 1 aliphatic rings. The van der Waals surface area contributed by atoms with Gasteiger partial charge in [0.05, 0.1) is 23.2 Å². The summed E-state index contributed by atoms with van der Waals surface area (Å²) in [5, 5.41) is 20.5. The van der Waals surface area contributed by atoms with Crippen LogP contribution >= 0.6 is 11.8 Å². The SMILES string of the molecule is COC(=O)/C=C1/S/C(=N\N=Cc2ccc(F)c([N+](=O)[O-])c2)NC1=O. The Bertz CT molecular complexity index is 806. The first kappa shape index (κ1) is 17.3. The van der Waals surface area contributed by atoms with Gasteiger partial charge in [-0.1, -0.05) is 0 Å². The lowest BCUT2D eigenvalue weighted by molar-refractivity contribution is -0.387. The van der Waals surface area contributed by atoms with Crippen LogP contribution < -0.4 is 5.32 Å². The van der Waals surface area contributed by atoms with E-state index in [9.17, 15) is 24.1 Å². The van der Waals surface area contributed by atoms with Crippen molar-refractivity contribution in [3.8, 4) is 0 Å². The number of esters is 1. The first-order valence-electron chi connectivity index (χ1n) is 6.24. The first-order chi connectivity index (χ1) is 11.4. The van der Waals surface area contributed by atoms with Crippen molar-refractivity contribution in [2.75, 3.05) is 7.11 Å². The predicted octanol–water partition coefficient (Wildman–Crippen LogP) is 1.34. The van der Waals surface area contributed by atoms with E-state index in [0.29, 0.717) is 0 Å². The second kappa shape index (κ2) is 7.46. The highest BCUT2D eigenvalue weighted by Gasteiger charge is 2.25. The molecule has 1 heterocycles. The van der Waals surface area contributed by atoms with Crippen LogP contribution in [0, 0.1) is 15.9 Å². The molecule has 0 bridgehead atoms. The van der Waals surface area contributed by atoms with Crippen molar-refractivity contribution in [2.24, 2.45) is 10.2 Å². The number of amides is 1. The van der Waals surface area contributed by atoms with Crippen molar-refractivity contribution >= 4 is 40.7 Å². The van der Waals surface area contributed by atoms with E-state index in [1.807, 2.05) is 0 Å². The topological polar surface area (TPSA) is 123 Å². The lowest BCUT2D eigenvalue weighted by Crippen LogP contribution is -2.19. The Morgan fingerprint density at radius 1 is 1.50 bits per heavy atom. The van der Waals surface area contributed by atoms with E-state index in [0.717, 1.165) is 36.2 Å². The molecule has 1 amide bonds. The van der Waals surface area contributed by atoms with Gasteiger partial charge in [-0.25, -0.2) is 4.79 Å². The summed E-state index contributed by atoms with van der Waals surface area (Å²) in [6.45, 7) is 0. The molecule has 0 radical (unpaired) electrons. The molecular weight excluding hydrogens is 343 g/mol. The standard InChI is InChI=1S/C13H9FN4O5S/c1-23-11(19)5-10-12(20)16-13(24-10)17-15-6-7-2-3-8(14)9(4-7)18(21)22/h2-6H,1H3,(H,16,17,20)/b10-5+,15-6?. The number of benzene rings is 1. The number of ether oxygens (including phenoxy) is 1. The highest BCUT2D eigenvalue weighted by atomic mass is 32.2. The summed E-state index contributed by atoms with van der Waals surface area (Å²) in [4.78, 5) is 32.5. The van der Waals surface area contributed by atoms with Gasteiger partial charge < -0.3 is 4.74 Å². The molecular formula is C13H9FN4O5S. The second-order valence-electron chi connectivity index (χ2n) is 4.21. The molecule has 9 nitrogen and oxygen atoms in total. The Morgan fingerprint density at radius 2 is 2.25 bits per heavy atom. The molecule has 0 atom stereocenters. The van der Waals surface area contributed by atoms with Crippen LogP contribution in [-0.4, -0.2) is 35.3 Å². The molecule has 0 spiro atoms. The number of hydrogen-bond donors (Lipinski definition) is 1. The van der Waals surface area contributed by atoms with Crippen molar-refractivity contribution in [1.29, 1.82) is 0 Å². The van der Waals surface area contributed by atoms with Gasteiger partial charge in [-0.05, 0) is 23.9 Å². The Labute approximate surface area is 138 Å². The maximum absolute atomic E-state index is 13.2. The van der Waals surface area contributed by atoms with Crippen LogP contribution in [0.3, 0.4) is 0 Å². The molecule has 1 aromatic rings. The number of nitro groups is 1. The summed E-state index contributed by atoms with van der Waals surface area (Å²) in [5.74, 6) is -2.17. The highest BCUT2D eigenvalue weighted by molar-refractivity contribution is 8.18. The monoisotopic (exact) mass is 352 g/mol. The van der Waals surface area contributed by atoms with Gasteiger partial charge >= 0.3 is 11.7 Å². The minimum Gasteiger partial charge on any atom is -0.466 e. The number of amidine groups is 1. The van der Waals surface area contributed by atoms with Crippen LogP contribution in [0.25, 0.3) is 0 Å². The molecule has 24 heavy (non-hydrogen) atoms. The van der Waals surface area contributed by atoms with Crippen LogP contribution in [0.4, 0.5) is 10.1 Å². The van der Waals surface area contributed by atoms with Crippen molar-refractivity contribution in [1.82, 2.24) is 5.32 Å². The number of hydrogen-bond acceptors (Lipinski definition) is 8. The number of nitrogens with one attached hydrogen (secondary N) is 1. The van der Waals surface area contributed by atoms with E-state index in [1.165, 1.54) is 13.2 Å². The largest absolute Gasteiger partial charge is 0.466 e.